The van der Waals surface area contributed by atoms with Crippen molar-refractivity contribution < 1.29 is 62.6 Å². The summed E-state index contributed by atoms with van der Waals surface area (Å²) in [6.07, 6.45) is 0. The Hall–Kier alpha value is -0.630. The zero-order valence-corrected chi connectivity index (χ0v) is 15.2. The predicted octanol–water partition coefficient (Wildman–Crippen LogP) is -1.29. The van der Waals surface area contributed by atoms with Gasteiger partial charge in [-0.25, -0.2) is 0 Å². The van der Waals surface area contributed by atoms with Gasteiger partial charge in [-0.05, 0) is 0 Å². The smallest absolute Gasteiger partial charge is 0 e. The molecule has 0 nitrogen and oxygen atoms in total. The molecule has 0 fully saturated rings. The van der Waals surface area contributed by atoms with E-state index in [1.165, 1.54) is 22.6 Å². The van der Waals surface area contributed by atoms with Crippen LogP contribution < -0.4 is 24.8 Å². The van der Waals surface area contributed by atoms with E-state index in [2.05, 4.69) is 91.0 Å². The third kappa shape index (κ3) is 5.22. The largest absolute Gasteiger partial charge is 1.00 e. The van der Waals surface area contributed by atoms with Crippen LogP contribution >= 0.6 is 0 Å². The molecule has 22 heavy (non-hydrogen) atoms. The molecule has 0 amide bonds. The molecule has 0 aromatic heterocycles. The first-order valence-electron chi connectivity index (χ1n) is 6.48. The molecule has 0 heterocycles. The van der Waals surface area contributed by atoms with Crippen LogP contribution in [0.15, 0.2) is 91.0 Å². The van der Waals surface area contributed by atoms with Gasteiger partial charge in [0.1, 0.15) is 0 Å². The van der Waals surface area contributed by atoms with Crippen molar-refractivity contribution in [2.24, 2.45) is 0 Å². The van der Waals surface area contributed by atoms with Crippen LogP contribution in [0.4, 0.5) is 0 Å². The summed E-state index contributed by atoms with van der Waals surface area (Å²) < 4.78 is 0. The van der Waals surface area contributed by atoms with Gasteiger partial charge in [-0.3, -0.25) is 0 Å². The van der Waals surface area contributed by atoms with E-state index in [1.807, 2.05) is 0 Å². The number of hydrogen-bond donors (Lipinski definition) is 0. The van der Waals surface area contributed by atoms with E-state index in [0.29, 0.717) is 0 Å². The number of halogens is 2. The second-order valence-corrected chi connectivity index (χ2v) is 4.47. The van der Waals surface area contributed by atoms with Crippen LogP contribution in [-0.2, 0) is 0 Å². The van der Waals surface area contributed by atoms with Gasteiger partial charge in [0.25, 0.3) is 0 Å². The first kappa shape index (κ1) is 21.4. The summed E-state index contributed by atoms with van der Waals surface area (Å²) in [5, 5.41) is 0. The van der Waals surface area contributed by atoms with Crippen LogP contribution in [0.2, 0.25) is 0 Å². The minimum absolute atomic E-state index is 0. The Bertz CT molecular complexity index is 533. The molecule has 0 aliphatic heterocycles. The van der Waals surface area contributed by atoms with E-state index in [1.54, 1.807) is 0 Å². The third-order valence-electron chi connectivity index (χ3n) is 3.19. The molecule has 3 aromatic rings. The van der Waals surface area contributed by atoms with Gasteiger partial charge in [-0.2, -0.15) is 0 Å². The number of rotatable bonds is 3. The van der Waals surface area contributed by atoms with Crippen LogP contribution in [0.25, 0.3) is 0 Å². The topological polar surface area (TPSA) is 0 Å². The molecule has 1 radical (unpaired) electrons. The van der Waals surface area contributed by atoms with Gasteiger partial charge in [-0.15, -0.1) is 0 Å². The molecule has 0 bridgehead atoms. The van der Waals surface area contributed by atoms with Crippen LogP contribution in [-0.4, -0.2) is 0 Å². The molecule has 0 aliphatic rings. The second kappa shape index (κ2) is 11.0. The molecule has 3 rings (SSSR count). The van der Waals surface area contributed by atoms with Crippen molar-refractivity contribution >= 4 is 0 Å². The van der Waals surface area contributed by atoms with E-state index in [0.717, 1.165) is 0 Å². The zero-order chi connectivity index (χ0) is 12.9. The third-order valence-corrected chi connectivity index (χ3v) is 3.19. The maximum Gasteiger partial charge on any atom is 0 e. The average Bonchev–Trinajstić information content (AvgIpc) is 2.51. The van der Waals surface area contributed by atoms with E-state index < -0.39 is 0 Å². The molecule has 0 spiro atoms. The molecular formula is C19H15Cl2Ho-3. The summed E-state index contributed by atoms with van der Waals surface area (Å²) in [5.41, 5.74) is 3.75. The summed E-state index contributed by atoms with van der Waals surface area (Å²) in [7, 11) is 0. The van der Waals surface area contributed by atoms with Crippen molar-refractivity contribution in [3.63, 3.8) is 0 Å². The molecule has 3 aromatic carbocycles. The Balaban J connectivity index is 0.00000147. The van der Waals surface area contributed by atoms with Crippen LogP contribution in [0.5, 0.6) is 0 Å². The second-order valence-electron chi connectivity index (χ2n) is 4.47. The van der Waals surface area contributed by atoms with Crippen molar-refractivity contribution in [2.45, 2.75) is 0 Å². The number of hydrogen-bond acceptors (Lipinski definition) is 0. The van der Waals surface area contributed by atoms with Crippen LogP contribution in [0, 0.1) is 43.7 Å². The van der Waals surface area contributed by atoms with Crippen LogP contribution in [0.1, 0.15) is 16.7 Å². The summed E-state index contributed by atoms with van der Waals surface area (Å²) in [6.45, 7) is 0. The first-order chi connectivity index (χ1) is 9.45. The van der Waals surface area contributed by atoms with E-state index in [9.17, 15) is 0 Å². The quantitative estimate of drug-likeness (QED) is 0.250. The zero-order valence-electron chi connectivity index (χ0n) is 11.7. The minimum Gasteiger partial charge on any atom is -1.00 e. The molecule has 0 unspecified atom stereocenters. The van der Waals surface area contributed by atoms with Gasteiger partial charge in [0.2, 0.25) is 0 Å². The molecule has 3 heteroatoms. The molecule has 119 valence electrons. The summed E-state index contributed by atoms with van der Waals surface area (Å²) in [6, 6.07) is 31.6. The van der Waals surface area contributed by atoms with Gasteiger partial charge < -0.3 is 24.8 Å². The number of benzene rings is 3. The van der Waals surface area contributed by atoms with Crippen molar-refractivity contribution in [2.75, 3.05) is 0 Å². The van der Waals surface area contributed by atoms with Crippen molar-refractivity contribution in [3.05, 3.63) is 114 Å². The molecular weight excluding hydrogens is 464 g/mol. The first-order valence-corrected chi connectivity index (χ1v) is 6.48. The van der Waals surface area contributed by atoms with Crippen molar-refractivity contribution in [1.29, 1.82) is 0 Å². The van der Waals surface area contributed by atoms with Gasteiger partial charge in [0, 0.05) is 37.7 Å². The predicted molar refractivity (Wildman–Crippen MR) is 79.9 cm³/mol. The van der Waals surface area contributed by atoms with E-state index >= 15 is 0 Å². The molecule has 0 N–H and O–H groups in total. The Labute approximate surface area is 174 Å². The monoisotopic (exact) mass is 478 g/mol. The standard InChI is InChI=1S/C19H15.2ClH.Ho/c1-4-10-16(11-5-1)19(17-12-6-2-7-13-17)18-14-8-3-9-15-18;;;/h1-15H;2*1H;/q-1;;;/p-2. The fourth-order valence-electron chi connectivity index (χ4n) is 2.31. The maximum absolute atomic E-state index is 2.16. The maximum atomic E-state index is 2.16. The fourth-order valence-corrected chi connectivity index (χ4v) is 2.31. The van der Waals surface area contributed by atoms with E-state index in [-0.39, 0.29) is 62.6 Å². The van der Waals surface area contributed by atoms with Crippen molar-refractivity contribution in [1.82, 2.24) is 0 Å². The molecule has 0 saturated carbocycles. The van der Waals surface area contributed by atoms with Crippen molar-refractivity contribution in [3.8, 4) is 0 Å². The normalized spacial score (nSPS) is 8.73. The average molecular weight is 479 g/mol. The fraction of sp³-hybridized carbons (Fsp3) is 0. The van der Waals surface area contributed by atoms with Gasteiger partial charge in [-0.1, -0.05) is 114 Å². The van der Waals surface area contributed by atoms with E-state index in [4.69, 9.17) is 0 Å². The Morgan fingerprint density at radius 3 is 0.864 bits per heavy atom. The molecule has 0 aliphatic carbocycles. The SMILES string of the molecule is [Cl-].[Cl-].[Ho].c1ccc([C-](c2ccccc2)c2ccccc2)cc1. The molecule has 0 saturated heterocycles. The Morgan fingerprint density at radius 2 is 0.636 bits per heavy atom. The summed E-state index contributed by atoms with van der Waals surface area (Å²) in [4.78, 5) is 0. The Kier molecular flexibility index (Phi) is 10.7. The minimum atomic E-state index is 0. The van der Waals surface area contributed by atoms with Gasteiger partial charge in [0.15, 0.2) is 0 Å². The summed E-state index contributed by atoms with van der Waals surface area (Å²) in [5.74, 6) is 1.28. The van der Waals surface area contributed by atoms with Gasteiger partial charge in [0.05, 0.1) is 0 Å². The summed E-state index contributed by atoms with van der Waals surface area (Å²) >= 11 is 0. The van der Waals surface area contributed by atoms with Gasteiger partial charge >= 0.3 is 0 Å². The van der Waals surface area contributed by atoms with Crippen LogP contribution in [0.3, 0.4) is 0 Å². The molecule has 0 atom stereocenters. The Morgan fingerprint density at radius 1 is 0.409 bits per heavy atom.